The normalized spacial score (nSPS) is 15.4. The highest BCUT2D eigenvalue weighted by Crippen LogP contribution is 2.33. The predicted octanol–water partition coefficient (Wildman–Crippen LogP) is 4.06. The van der Waals surface area contributed by atoms with Gasteiger partial charge in [-0.1, -0.05) is 0 Å². The molecule has 3 N–H and O–H groups in total. The average molecular weight is 469 g/mol. The summed E-state index contributed by atoms with van der Waals surface area (Å²) in [6, 6.07) is 12.4. The maximum atomic E-state index is 12.6. The number of hydrogen-bond acceptors (Lipinski definition) is 8. The van der Waals surface area contributed by atoms with Crippen molar-refractivity contribution < 1.29 is 9.53 Å². The first-order valence-corrected chi connectivity index (χ1v) is 11.4. The number of likely N-dealkylation sites (tertiary alicyclic amines) is 1. The van der Waals surface area contributed by atoms with Crippen molar-refractivity contribution in [2.75, 3.05) is 23.7 Å². The Bertz CT molecular complexity index is 1390. The zero-order chi connectivity index (χ0) is 24.2. The van der Waals surface area contributed by atoms with Gasteiger partial charge >= 0.3 is 0 Å². The van der Waals surface area contributed by atoms with Crippen LogP contribution in [0.2, 0.25) is 0 Å². The van der Waals surface area contributed by atoms with Gasteiger partial charge in [-0.15, -0.1) is 0 Å². The van der Waals surface area contributed by atoms with Crippen LogP contribution in [0.4, 0.5) is 11.6 Å². The van der Waals surface area contributed by atoms with E-state index in [1.54, 1.807) is 47.6 Å². The van der Waals surface area contributed by atoms with Crippen molar-refractivity contribution in [3.63, 3.8) is 0 Å². The first-order chi connectivity index (χ1) is 17.1. The van der Waals surface area contributed by atoms with Crippen molar-refractivity contribution in [1.29, 1.82) is 5.26 Å². The van der Waals surface area contributed by atoms with E-state index in [1.807, 2.05) is 19.1 Å². The van der Waals surface area contributed by atoms with Crippen molar-refractivity contribution in [1.82, 2.24) is 25.1 Å². The fraction of sp³-hybridized carbons (Fsp3) is 0.240. The van der Waals surface area contributed by atoms with E-state index in [0.717, 1.165) is 30.3 Å². The molecule has 1 aliphatic rings. The third-order valence-corrected chi connectivity index (χ3v) is 5.83. The summed E-state index contributed by atoms with van der Waals surface area (Å²) in [6.07, 6.45) is 7.41. The highest BCUT2D eigenvalue weighted by atomic mass is 16.5. The van der Waals surface area contributed by atoms with E-state index >= 15 is 0 Å². The van der Waals surface area contributed by atoms with Crippen LogP contribution in [0.1, 0.15) is 28.8 Å². The number of anilines is 2. The summed E-state index contributed by atoms with van der Waals surface area (Å²) >= 11 is 0. The molecule has 1 amide bonds. The molecule has 0 aliphatic carbocycles. The average Bonchev–Trinajstić information content (AvgIpc) is 3.28. The van der Waals surface area contributed by atoms with E-state index in [4.69, 9.17) is 4.74 Å². The van der Waals surface area contributed by atoms with Gasteiger partial charge in [0.05, 0.1) is 0 Å². The number of carbonyl (C=O) groups is 1. The van der Waals surface area contributed by atoms with Crippen LogP contribution in [-0.2, 0) is 0 Å². The van der Waals surface area contributed by atoms with Gasteiger partial charge in [0.15, 0.2) is 17.7 Å². The minimum Gasteiger partial charge on any atom is -0.456 e. The standard InChI is InChI=1S/C25H24N8O2/c1-16-8-10-27-21(13-16)30-25(34)17-4-6-19(7-5-17)35-20-9-11-28-23-22(20)24(32-31-23)29-18-3-2-12-33(14-18)15-26/h4-11,13,18H,2-3,12,14H2,1H3,(H,27,30,34)(H2,28,29,31,32). The summed E-state index contributed by atoms with van der Waals surface area (Å²) in [4.78, 5) is 22.8. The number of aromatic nitrogens is 4. The molecular formula is C25H24N8O2. The Balaban J connectivity index is 1.32. The minimum absolute atomic E-state index is 0.101. The smallest absolute Gasteiger partial charge is 0.256 e. The van der Waals surface area contributed by atoms with E-state index in [1.165, 1.54) is 0 Å². The Morgan fingerprint density at radius 1 is 1.20 bits per heavy atom. The van der Waals surface area contributed by atoms with E-state index in [-0.39, 0.29) is 11.9 Å². The maximum absolute atomic E-state index is 12.6. The van der Waals surface area contributed by atoms with Crippen LogP contribution in [0, 0.1) is 18.4 Å². The van der Waals surface area contributed by atoms with Crippen LogP contribution < -0.4 is 15.4 Å². The fourth-order valence-electron chi connectivity index (χ4n) is 4.09. The predicted molar refractivity (Wildman–Crippen MR) is 131 cm³/mol. The summed E-state index contributed by atoms with van der Waals surface area (Å²) < 4.78 is 6.14. The number of piperidine rings is 1. The van der Waals surface area contributed by atoms with Crippen LogP contribution in [-0.4, -0.2) is 50.1 Å². The molecule has 4 heterocycles. The Morgan fingerprint density at radius 2 is 2.03 bits per heavy atom. The lowest BCUT2D eigenvalue weighted by atomic mass is 10.1. The monoisotopic (exact) mass is 468 g/mol. The van der Waals surface area contributed by atoms with Gasteiger partial charge in [-0.25, -0.2) is 9.97 Å². The number of nitrogens with one attached hydrogen (secondary N) is 3. The summed E-state index contributed by atoms with van der Waals surface area (Å²) in [7, 11) is 0. The van der Waals surface area contributed by atoms with Crippen LogP contribution in [0.3, 0.4) is 0 Å². The van der Waals surface area contributed by atoms with Crippen LogP contribution in [0.15, 0.2) is 54.9 Å². The van der Waals surface area contributed by atoms with Crippen molar-refractivity contribution in [3.8, 4) is 17.7 Å². The van der Waals surface area contributed by atoms with Crippen molar-refractivity contribution in [3.05, 3.63) is 66.0 Å². The first-order valence-electron chi connectivity index (χ1n) is 11.4. The van der Waals surface area contributed by atoms with Gasteiger partial charge in [0.25, 0.3) is 5.91 Å². The molecule has 176 valence electrons. The topological polar surface area (TPSA) is 132 Å². The lowest BCUT2D eigenvalue weighted by molar-refractivity contribution is 0.102. The number of fused-ring (bicyclic) bond motifs is 1. The van der Waals surface area contributed by atoms with E-state index in [9.17, 15) is 10.1 Å². The number of ether oxygens (including phenoxy) is 1. The molecule has 1 fully saturated rings. The van der Waals surface area contributed by atoms with Gasteiger partial charge in [-0.2, -0.15) is 10.4 Å². The number of aromatic amines is 1. The third-order valence-electron chi connectivity index (χ3n) is 5.83. The fourth-order valence-corrected chi connectivity index (χ4v) is 4.09. The van der Waals surface area contributed by atoms with Gasteiger partial charge in [0.2, 0.25) is 0 Å². The summed E-state index contributed by atoms with van der Waals surface area (Å²) in [5, 5.41) is 23.5. The molecule has 1 unspecified atom stereocenters. The number of rotatable bonds is 6. The van der Waals surface area contributed by atoms with Crippen LogP contribution in [0.5, 0.6) is 11.5 Å². The number of carbonyl (C=O) groups excluding carboxylic acids is 1. The molecule has 4 aromatic rings. The second-order valence-corrected chi connectivity index (χ2v) is 8.43. The quantitative estimate of drug-likeness (QED) is 0.361. The molecular weight excluding hydrogens is 444 g/mol. The molecule has 1 aromatic carbocycles. The molecule has 0 radical (unpaired) electrons. The van der Waals surface area contributed by atoms with Crippen LogP contribution >= 0.6 is 0 Å². The summed E-state index contributed by atoms with van der Waals surface area (Å²) in [6.45, 7) is 3.35. The number of nitriles is 1. The number of aryl methyl sites for hydroxylation is 1. The Hall–Kier alpha value is -4.65. The number of pyridine rings is 2. The number of benzene rings is 1. The Labute approximate surface area is 202 Å². The largest absolute Gasteiger partial charge is 0.456 e. The zero-order valence-corrected chi connectivity index (χ0v) is 19.2. The first kappa shape index (κ1) is 22.2. The maximum Gasteiger partial charge on any atom is 0.256 e. The van der Waals surface area contributed by atoms with Crippen molar-refractivity contribution in [2.24, 2.45) is 0 Å². The minimum atomic E-state index is -0.249. The molecule has 0 saturated carbocycles. The number of amides is 1. The van der Waals surface area contributed by atoms with Gasteiger partial charge in [-0.3, -0.25) is 9.89 Å². The van der Waals surface area contributed by atoms with Crippen molar-refractivity contribution >= 4 is 28.6 Å². The number of hydrogen-bond donors (Lipinski definition) is 3. The molecule has 1 saturated heterocycles. The van der Waals surface area contributed by atoms with E-state index in [2.05, 4.69) is 37.0 Å². The number of nitrogens with zero attached hydrogens (tertiary/aromatic N) is 5. The molecule has 10 nitrogen and oxygen atoms in total. The molecule has 35 heavy (non-hydrogen) atoms. The second kappa shape index (κ2) is 9.69. The molecule has 1 aliphatic heterocycles. The SMILES string of the molecule is Cc1ccnc(NC(=O)c2ccc(Oc3ccnc4[nH]nc(NC5CCCN(C#N)C5)c34)cc2)c1. The van der Waals surface area contributed by atoms with Gasteiger partial charge in [0.1, 0.15) is 22.7 Å². The molecule has 1 atom stereocenters. The Morgan fingerprint density at radius 3 is 2.83 bits per heavy atom. The summed E-state index contributed by atoms with van der Waals surface area (Å²) in [5.74, 6) is 2.05. The van der Waals surface area contributed by atoms with E-state index in [0.29, 0.717) is 40.9 Å². The Kier molecular flexibility index (Phi) is 6.13. The lowest BCUT2D eigenvalue weighted by Gasteiger charge is -2.29. The molecule has 5 rings (SSSR count). The highest BCUT2D eigenvalue weighted by molar-refractivity contribution is 6.03. The van der Waals surface area contributed by atoms with Crippen LogP contribution in [0.25, 0.3) is 11.0 Å². The molecule has 10 heteroatoms. The highest BCUT2D eigenvalue weighted by Gasteiger charge is 2.22. The second-order valence-electron chi connectivity index (χ2n) is 8.43. The van der Waals surface area contributed by atoms with Gasteiger partial charge in [-0.05, 0) is 61.7 Å². The zero-order valence-electron chi connectivity index (χ0n) is 19.2. The number of H-pyrrole nitrogens is 1. The van der Waals surface area contributed by atoms with Gasteiger partial charge in [0, 0.05) is 43.2 Å². The van der Waals surface area contributed by atoms with Gasteiger partial charge < -0.3 is 20.3 Å². The lowest BCUT2D eigenvalue weighted by Crippen LogP contribution is -2.39. The molecule has 0 spiro atoms. The van der Waals surface area contributed by atoms with E-state index < -0.39 is 0 Å². The summed E-state index contributed by atoms with van der Waals surface area (Å²) in [5.41, 5.74) is 2.10. The van der Waals surface area contributed by atoms with Crippen molar-refractivity contribution in [2.45, 2.75) is 25.8 Å². The third kappa shape index (κ3) is 4.99. The molecule has 3 aromatic heterocycles. The molecule has 0 bridgehead atoms.